The zero-order valence-electron chi connectivity index (χ0n) is 12.2. The number of hydrogen-bond donors (Lipinski definition) is 1. The molecule has 0 spiro atoms. The Morgan fingerprint density at radius 1 is 1.40 bits per heavy atom. The van der Waals surface area contributed by atoms with Crippen LogP contribution in [0.3, 0.4) is 0 Å². The van der Waals surface area contributed by atoms with Crippen LogP contribution < -0.4 is 10.5 Å². The molecule has 1 fully saturated rings. The third kappa shape index (κ3) is 3.44. The lowest BCUT2D eigenvalue weighted by atomic mass is 9.85. The van der Waals surface area contributed by atoms with Crippen molar-refractivity contribution in [1.82, 2.24) is 0 Å². The Balaban J connectivity index is 2.15. The van der Waals surface area contributed by atoms with E-state index in [0.29, 0.717) is 17.0 Å². The van der Waals surface area contributed by atoms with E-state index in [1.165, 1.54) is 26.4 Å². The molecule has 4 heteroatoms. The smallest absolute Gasteiger partial charge is 0.341 e. The highest BCUT2D eigenvalue weighted by molar-refractivity contribution is 5.93. The number of carbonyl (C=O) groups is 1. The van der Waals surface area contributed by atoms with E-state index >= 15 is 0 Å². The van der Waals surface area contributed by atoms with Crippen molar-refractivity contribution in [2.75, 3.05) is 12.8 Å². The zero-order valence-corrected chi connectivity index (χ0v) is 12.2. The highest BCUT2D eigenvalue weighted by Gasteiger charge is 2.24. The predicted octanol–water partition coefficient (Wildman–Crippen LogP) is 3.40. The van der Waals surface area contributed by atoms with Gasteiger partial charge in [0.1, 0.15) is 11.3 Å². The summed E-state index contributed by atoms with van der Waals surface area (Å²) in [6.07, 6.45) is 5.88. The highest BCUT2D eigenvalue weighted by atomic mass is 16.5. The van der Waals surface area contributed by atoms with E-state index in [1.54, 1.807) is 18.2 Å². The van der Waals surface area contributed by atoms with Crippen LogP contribution in [0.1, 0.15) is 49.4 Å². The van der Waals surface area contributed by atoms with E-state index in [-0.39, 0.29) is 12.1 Å². The lowest BCUT2D eigenvalue weighted by molar-refractivity contribution is 0.0587. The van der Waals surface area contributed by atoms with Gasteiger partial charge in [0.2, 0.25) is 0 Å². The number of nitrogen functional groups attached to an aromatic ring is 1. The average Bonchev–Trinajstić information content (AvgIpc) is 2.47. The number of esters is 1. The number of rotatable bonds is 4. The van der Waals surface area contributed by atoms with Crippen LogP contribution in [0.25, 0.3) is 0 Å². The Kier molecular flexibility index (Phi) is 4.88. The summed E-state index contributed by atoms with van der Waals surface area (Å²) in [5.74, 6) is 0.873. The molecule has 1 aliphatic rings. The fourth-order valence-electron chi connectivity index (χ4n) is 2.81. The third-order valence-corrected chi connectivity index (χ3v) is 4.02. The molecule has 1 aliphatic carbocycles. The average molecular weight is 277 g/mol. The minimum absolute atomic E-state index is 0.166. The molecule has 1 aromatic carbocycles. The number of methoxy groups -OCH3 is 1. The van der Waals surface area contributed by atoms with Crippen LogP contribution in [0, 0.1) is 5.92 Å². The van der Waals surface area contributed by atoms with E-state index in [1.807, 2.05) is 0 Å². The number of nitrogens with two attached hydrogens (primary N) is 1. The molecule has 0 bridgehead atoms. The van der Waals surface area contributed by atoms with Gasteiger partial charge in [0.05, 0.1) is 13.2 Å². The number of hydrogen-bond acceptors (Lipinski definition) is 4. The van der Waals surface area contributed by atoms with Crippen molar-refractivity contribution in [1.29, 1.82) is 0 Å². The van der Waals surface area contributed by atoms with Crippen LogP contribution in [-0.2, 0) is 4.74 Å². The molecule has 2 atom stereocenters. The summed E-state index contributed by atoms with van der Waals surface area (Å²) >= 11 is 0. The van der Waals surface area contributed by atoms with Gasteiger partial charge in [-0.25, -0.2) is 4.79 Å². The summed E-state index contributed by atoms with van der Waals surface area (Å²) in [4.78, 5) is 11.8. The molecule has 0 saturated heterocycles. The Morgan fingerprint density at radius 3 is 2.90 bits per heavy atom. The second kappa shape index (κ2) is 6.64. The van der Waals surface area contributed by atoms with Gasteiger partial charge in [-0.15, -0.1) is 0 Å². The van der Waals surface area contributed by atoms with Crippen molar-refractivity contribution in [3.63, 3.8) is 0 Å². The fraction of sp³-hybridized carbons (Fsp3) is 0.562. The van der Waals surface area contributed by atoms with Crippen molar-refractivity contribution in [2.45, 2.75) is 45.1 Å². The minimum atomic E-state index is -0.386. The minimum Gasteiger partial charge on any atom is -0.489 e. The zero-order chi connectivity index (χ0) is 14.5. The lowest BCUT2D eigenvalue weighted by Gasteiger charge is -2.29. The monoisotopic (exact) mass is 277 g/mol. The molecule has 0 aliphatic heterocycles. The van der Waals surface area contributed by atoms with Crippen LogP contribution in [0.15, 0.2) is 18.2 Å². The van der Waals surface area contributed by atoms with Gasteiger partial charge in [0.15, 0.2) is 0 Å². The first-order valence-electron chi connectivity index (χ1n) is 7.28. The normalized spacial score (nSPS) is 22.3. The van der Waals surface area contributed by atoms with Crippen LogP contribution in [0.5, 0.6) is 5.75 Å². The predicted molar refractivity (Wildman–Crippen MR) is 78.9 cm³/mol. The van der Waals surface area contributed by atoms with E-state index in [2.05, 4.69) is 6.92 Å². The lowest BCUT2D eigenvalue weighted by Crippen LogP contribution is -2.26. The molecule has 2 rings (SSSR count). The van der Waals surface area contributed by atoms with Crippen LogP contribution >= 0.6 is 0 Å². The molecule has 1 aromatic rings. The van der Waals surface area contributed by atoms with Gasteiger partial charge in [0, 0.05) is 11.8 Å². The van der Waals surface area contributed by atoms with Gasteiger partial charge in [-0.1, -0.05) is 19.8 Å². The molecule has 20 heavy (non-hydrogen) atoms. The fourth-order valence-corrected chi connectivity index (χ4v) is 2.81. The number of anilines is 1. The first-order chi connectivity index (χ1) is 9.63. The Morgan fingerprint density at radius 2 is 2.20 bits per heavy atom. The summed E-state index contributed by atoms with van der Waals surface area (Å²) in [6.45, 7) is 2.22. The van der Waals surface area contributed by atoms with Crippen LogP contribution in [0.4, 0.5) is 5.69 Å². The first kappa shape index (κ1) is 14.7. The van der Waals surface area contributed by atoms with Crippen molar-refractivity contribution in [2.24, 2.45) is 5.92 Å². The molecule has 2 N–H and O–H groups in total. The van der Waals surface area contributed by atoms with Gasteiger partial charge < -0.3 is 15.2 Å². The molecule has 0 amide bonds. The number of ether oxygens (including phenoxy) is 2. The maximum Gasteiger partial charge on any atom is 0.341 e. The summed E-state index contributed by atoms with van der Waals surface area (Å²) < 4.78 is 10.8. The third-order valence-electron chi connectivity index (χ3n) is 4.02. The molecular formula is C16H23NO3. The quantitative estimate of drug-likeness (QED) is 0.676. The van der Waals surface area contributed by atoms with Crippen LogP contribution in [0.2, 0.25) is 0 Å². The molecule has 0 heterocycles. The second-order valence-corrected chi connectivity index (χ2v) is 5.43. The molecule has 110 valence electrons. The summed E-state index contributed by atoms with van der Waals surface area (Å²) in [5, 5.41) is 0. The Hall–Kier alpha value is -1.71. The molecule has 0 radical (unpaired) electrons. The Bertz CT molecular complexity index is 473. The van der Waals surface area contributed by atoms with Gasteiger partial charge in [-0.3, -0.25) is 0 Å². The molecule has 4 nitrogen and oxygen atoms in total. The van der Waals surface area contributed by atoms with Gasteiger partial charge >= 0.3 is 5.97 Å². The van der Waals surface area contributed by atoms with E-state index in [4.69, 9.17) is 15.2 Å². The maximum absolute atomic E-state index is 11.8. The first-order valence-corrected chi connectivity index (χ1v) is 7.28. The topological polar surface area (TPSA) is 61.5 Å². The molecule has 1 saturated carbocycles. The Labute approximate surface area is 120 Å². The molecule has 0 aromatic heterocycles. The van der Waals surface area contributed by atoms with Crippen molar-refractivity contribution in [3.05, 3.63) is 23.8 Å². The highest BCUT2D eigenvalue weighted by Crippen LogP contribution is 2.31. The number of carbonyl (C=O) groups excluding carboxylic acids is 1. The molecular weight excluding hydrogens is 254 g/mol. The summed E-state index contributed by atoms with van der Waals surface area (Å²) in [6, 6.07) is 5.06. The standard InChI is InChI=1S/C16H23NO3/c1-3-11-5-4-6-13(9-11)20-15-10-12(17)7-8-14(15)16(18)19-2/h7-8,10-11,13H,3-6,9,17H2,1-2H3. The van der Waals surface area contributed by atoms with Crippen molar-refractivity contribution >= 4 is 11.7 Å². The van der Waals surface area contributed by atoms with Gasteiger partial charge in [-0.2, -0.15) is 0 Å². The largest absolute Gasteiger partial charge is 0.489 e. The van der Waals surface area contributed by atoms with Gasteiger partial charge in [-0.05, 0) is 37.3 Å². The second-order valence-electron chi connectivity index (χ2n) is 5.43. The van der Waals surface area contributed by atoms with E-state index < -0.39 is 0 Å². The van der Waals surface area contributed by atoms with Gasteiger partial charge in [0.25, 0.3) is 0 Å². The molecule has 2 unspecified atom stereocenters. The SMILES string of the molecule is CCC1CCCC(Oc2cc(N)ccc2C(=O)OC)C1. The van der Waals surface area contributed by atoms with Crippen LogP contribution in [-0.4, -0.2) is 19.2 Å². The van der Waals surface area contributed by atoms with Crippen molar-refractivity contribution in [3.8, 4) is 5.75 Å². The van der Waals surface area contributed by atoms with E-state index in [0.717, 1.165) is 18.8 Å². The maximum atomic E-state index is 11.8. The number of benzene rings is 1. The summed E-state index contributed by atoms with van der Waals surface area (Å²) in [7, 11) is 1.37. The van der Waals surface area contributed by atoms with Crippen molar-refractivity contribution < 1.29 is 14.3 Å². The van der Waals surface area contributed by atoms with E-state index in [9.17, 15) is 4.79 Å². The summed E-state index contributed by atoms with van der Waals surface area (Å²) in [5.41, 5.74) is 6.83.